The molecule has 0 aliphatic carbocycles. The molecule has 0 spiro atoms. The monoisotopic (exact) mass is 521 g/mol. The van der Waals surface area contributed by atoms with E-state index in [2.05, 4.69) is 52.2 Å². The lowest BCUT2D eigenvalue weighted by molar-refractivity contribution is 0.414. The van der Waals surface area contributed by atoms with E-state index in [1.54, 1.807) is 7.11 Å². The summed E-state index contributed by atoms with van der Waals surface area (Å²) < 4.78 is 7.28. The molecule has 1 aromatic carbocycles. The number of aromatic nitrogens is 2. The van der Waals surface area contributed by atoms with Crippen LogP contribution in [0.4, 0.5) is 0 Å². The van der Waals surface area contributed by atoms with E-state index in [0.29, 0.717) is 5.92 Å². The molecule has 7 heteroatoms. The van der Waals surface area contributed by atoms with Crippen LogP contribution in [-0.4, -0.2) is 42.1 Å². The lowest BCUT2D eigenvalue weighted by Crippen LogP contribution is -2.38. The molecule has 3 rings (SSSR count). The minimum atomic E-state index is 0. The first-order valence-electron chi connectivity index (χ1n) is 10.3. The fraction of sp³-hybridized carbons (Fsp3) is 0.391. The van der Waals surface area contributed by atoms with Crippen molar-refractivity contribution in [3.05, 3.63) is 66.1 Å². The Morgan fingerprint density at radius 2 is 1.97 bits per heavy atom. The molecular weight excluding hydrogens is 489 g/mol. The van der Waals surface area contributed by atoms with E-state index >= 15 is 0 Å². The number of imidazole rings is 1. The highest BCUT2D eigenvalue weighted by molar-refractivity contribution is 14.0. The third kappa shape index (κ3) is 6.90. The standard InChI is InChI=1S/C23H31N5O.HI/c1-4-24-23(25-14-12-18(2)19-8-10-21(29-3)11-9-19)26-15-13-20-17-28-16-6-5-7-22(28)27-20;/h5-11,16-18H,4,12-15H2,1-3H3,(H2,24,25,26);1H. The zero-order valence-corrected chi connectivity index (χ0v) is 20.3. The van der Waals surface area contributed by atoms with E-state index in [9.17, 15) is 0 Å². The Morgan fingerprint density at radius 3 is 2.67 bits per heavy atom. The Morgan fingerprint density at radius 1 is 1.17 bits per heavy atom. The molecule has 0 fully saturated rings. The van der Waals surface area contributed by atoms with Crippen molar-refractivity contribution in [1.29, 1.82) is 0 Å². The average Bonchev–Trinajstić information content (AvgIpc) is 3.16. The third-order valence-electron chi connectivity index (χ3n) is 4.95. The van der Waals surface area contributed by atoms with Crippen LogP contribution in [0.2, 0.25) is 0 Å². The molecule has 162 valence electrons. The maximum absolute atomic E-state index is 5.23. The van der Waals surface area contributed by atoms with Gasteiger partial charge in [0.05, 0.1) is 12.8 Å². The van der Waals surface area contributed by atoms with Crippen LogP contribution < -0.4 is 15.4 Å². The molecule has 0 amide bonds. The van der Waals surface area contributed by atoms with Crippen molar-refractivity contribution in [2.75, 3.05) is 26.7 Å². The van der Waals surface area contributed by atoms with Gasteiger partial charge >= 0.3 is 0 Å². The Balaban J connectivity index is 0.00000320. The summed E-state index contributed by atoms with van der Waals surface area (Å²) in [6, 6.07) is 14.3. The number of benzene rings is 1. The number of halogens is 1. The van der Waals surface area contributed by atoms with Crippen LogP contribution >= 0.6 is 24.0 Å². The number of aliphatic imine (C=N–C) groups is 1. The minimum absolute atomic E-state index is 0. The number of ether oxygens (including phenoxy) is 1. The number of fused-ring (bicyclic) bond motifs is 1. The van der Waals surface area contributed by atoms with Crippen molar-refractivity contribution >= 4 is 35.6 Å². The highest BCUT2D eigenvalue weighted by Gasteiger charge is 2.06. The molecular formula is C23H32IN5O. The predicted octanol–water partition coefficient (Wildman–Crippen LogP) is 4.25. The second kappa shape index (κ2) is 12.4. The van der Waals surface area contributed by atoms with Gasteiger partial charge in [0, 0.05) is 38.4 Å². The molecule has 6 nitrogen and oxygen atoms in total. The molecule has 0 bridgehead atoms. The zero-order chi connectivity index (χ0) is 20.5. The van der Waals surface area contributed by atoms with Gasteiger partial charge in [-0.2, -0.15) is 0 Å². The molecule has 2 heterocycles. The van der Waals surface area contributed by atoms with E-state index in [-0.39, 0.29) is 24.0 Å². The van der Waals surface area contributed by atoms with Gasteiger partial charge in [-0.15, -0.1) is 24.0 Å². The molecule has 1 atom stereocenters. The van der Waals surface area contributed by atoms with Gasteiger partial charge in [0.1, 0.15) is 11.4 Å². The first-order valence-corrected chi connectivity index (χ1v) is 10.3. The summed E-state index contributed by atoms with van der Waals surface area (Å²) >= 11 is 0. The number of hydrogen-bond donors (Lipinski definition) is 2. The quantitative estimate of drug-likeness (QED) is 0.251. The fourth-order valence-electron chi connectivity index (χ4n) is 3.23. The highest BCUT2D eigenvalue weighted by Crippen LogP contribution is 2.21. The molecule has 0 radical (unpaired) electrons. The first-order chi connectivity index (χ1) is 14.2. The van der Waals surface area contributed by atoms with E-state index < -0.39 is 0 Å². The second-order valence-corrected chi connectivity index (χ2v) is 7.10. The lowest BCUT2D eigenvalue weighted by Gasteiger charge is -2.13. The van der Waals surface area contributed by atoms with Crippen LogP contribution in [0.15, 0.2) is 59.9 Å². The van der Waals surface area contributed by atoms with Crippen LogP contribution in [0, 0.1) is 0 Å². The van der Waals surface area contributed by atoms with Crippen molar-refractivity contribution in [3.8, 4) is 5.75 Å². The van der Waals surface area contributed by atoms with Crippen LogP contribution in [0.25, 0.3) is 5.65 Å². The summed E-state index contributed by atoms with van der Waals surface area (Å²) in [7, 11) is 1.69. The van der Waals surface area contributed by atoms with Crippen LogP contribution in [0.1, 0.15) is 37.4 Å². The molecule has 0 aliphatic rings. The summed E-state index contributed by atoms with van der Waals surface area (Å²) in [5.74, 6) is 2.20. The van der Waals surface area contributed by atoms with Crippen molar-refractivity contribution in [2.24, 2.45) is 4.99 Å². The van der Waals surface area contributed by atoms with E-state index in [4.69, 9.17) is 9.73 Å². The summed E-state index contributed by atoms with van der Waals surface area (Å²) in [5.41, 5.74) is 3.37. The predicted molar refractivity (Wildman–Crippen MR) is 134 cm³/mol. The highest BCUT2D eigenvalue weighted by atomic mass is 127. The maximum atomic E-state index is 5.23. The smallest absolute Gasteiger partial charge is 0.191 e. The maximum Gasteiger partial charge on any atom is 0.191 e. The fourth-order valence-corrected chi connectivity index (χ4v) is 3.23. The van der Waals surface area contributed by atoms with Crippen LogP contribution in [-0.2, 0) is 6.42 Å². The van der Waals surface area contributed by atoms with E-state index in [0.717, 1.165) is 55.5 Å². The normalized spacial score (nSPS) is 12.3. The summed E-state index contributed by atoms with van der Waals surface area (Å²) in [5, 5.41) is 6.74. The Bertz CT molecular complexity index is 890. The van der Waals surface area contributed by atoms with Crippen molar-refractivity contribution < 1.29 is 4.74 Å². The molecule has 0 saturated carbocycles. The Kier molecular flexibility index (Phi) is 9.93. The minimum Gasteiger partial charge on any atom is -0.497 e. The third-order valence-corrected chi connectivity index (χ3v) is 4.95. The number of hydrogen-bond acceptors (Lipinski definition) is 3. The van der Waals surface area contributed by atoms with E-state index in [1.165, 1.54) is 5.56 Å². The SMILES string of the molecule is CCNC(=NCCC(C)c1ccc(OC)cc1)NCCc1cn2ccccc2n1.I. The molecule has 0 saturated heterocycles. The van der Waals surface area contributed by atoms with Crippen molar-refractivity contribution in [3.63, 3.8) is 0 Å². The first kappa shape index (κ1) is 24.0. The molecule has 2 N–H and O–H groups in total. The second-order valence-electron chi connectivity index (χ2n) is 7.10. The molecule has 3 aromatic rings. The van der Waals surface area contributed by atoms with Gasteiger partial charge in [0.2, 0.25) is 0 Å². The average molecular weight is 521 g/mol. The van der Waals surface area contributed by atoms with Crippen molar-refractivity contribution in [2.45, 2.75) is 32.6 Å². The van der Waals surface area contributed by atoms with Gasteiger partial charge in [-0.1, -0.05) is 25.1 Å². The summed E-state index contributed by atoms with van der Waals surface area (Å²) in [6.45, 7) is 6.73. The zero-order valence-electron chi connectivity index (χ0n) is 18.0. The largest absolute Gasteiger partial charge is 0.497 e. The summed E-state index contributed by atoms with van der Waals surface area (Å²) in [4.78, 5) is 9.37. The molecule has 1 unspecified atom stereocenters. The molecule has 2 aromatic heterocycles. The Hall–Kier alpha value is -2.29. The number of nitrogens with one attached hydrogen (secondary N) is 2. The number of methoxy groups -OCH3 is 1. The van der Waals surface area contributed by atoms with Gasteiger partial charge in [-0.3, -0.25) is 4.99 Å². The van der Waals surface area contributed by atoms with Gasteiger partial charge < -0.3 is 19.8 Å². The number of pyridine rings is 1. The molecule has 30 heavy (non-hydrogen) atoms. The van der Waals surface area contributed by atoms with Gasteiger partial charge in [0.25, 0.3) is 0 Å². The number of rotatable bonds is 9. The van der Waals surface area contributed by atoms with E-state index in [1.807, 2.05) is 36.5 Å². The molecule has 0 aliphatic heterocycles. The van der Waals surface area contributed by atoms with Crippen molar-refractivity contribution in [1.82, 2.24) is 20.0 Å². The van der Waals surface area contributed by atoms with Gasteiger partial charge in [0.15, 0.2) is 5.96 Å². The van der Waals surface area contributed by atoms with Crippen LogP contribution in [0.5, 0.6) is 5.75 Å². The topological polar surface area (TPSA) is 63.0 Å². The van der Waals surface area contributed by atoms with Gasteiger partial charge in [-0.25, -0.2) is 4.98 Å². The number of guanidine groups is 1. The number of nitrogens with zero attached hydrogens (tertiary/aromatic N) is 3. The lowest BCUT2D eigenvalue weighted by atomic mass is 9.98. The van der Waals surface area contributed by atoms with Gasteiger partial charge in [-0.05, 0) is 49.1 Å². The van der Waals surface area contributed by atoms with Crippen LogP contribution in [0.3, 0.4) is 0 Å². The Labute approximate surface area is 196 Å². The summed E-state index contributed by atoms with van der Waals surface area (Å²) in [6.07, 6.45) is 5.95.